The minimum absolute atomic E-state index is 1.05. The highest BCUT2D eigenvalue weighted by Crippen LogP contribution is 1.88. The molecule has 0 aromatic heterocycles. The molecular weight excluding hydrogens is 110 g/mol. The average Bonchev–Trinajstić information content (AvgIpc) is 1.89. The first-order valence-corrected chi connectivity index (χ1v) is 3.33. The largest absolute Gasteiger partial charge is 0.391 e. The molecule has 52 valence electrons. The molecule has 0 heterocycles. The van der Waals surface area contributed by atoms with E-state index in [-0.39, 0.29) is 0 Å². The van der Waals surface area contributed by atoms with Gasteiger partial charge in [-0.05, 0) is 25.1 Å². The fraction of sp³-hybridized carbons (Fsp3) is 0.500. The third-order valence-corrected chi connectivity index (χ3v) is 1.05. The topological polar surface area (TPSA) is 12.0 Å². The zero-order chi connectivity index (χ0) is 7.11. The van der Waals surface area contributed by atoms with E-state index in [9.17, 15) is 0 Å². The van der Waals surface area contributed by atoms with E-state index in [2.05, 4.69) is 18.8 Å². The van der Waals surface area contributed by atoms with Crippen LogP contribution in [0.25, 0.3) is 0 Å². The zero-order valence-corrected chi connectivity index (χ0v) is 6.28. The van der Waals surface area contributed by atoms with Crippen molar-refractivity contribution in [3.63, 3.8) is 0 Å². The quantitative estimate of drug-likeness (QED) is 0.448. The molecule has 0 saturated carbocycles. The van der Waals surface area contributed by atoms with Gasteiger partial charge in [0.15, 0.2) is 0 Å². The monoisotopic (exact) mass is 125 g/mol. The molecule has 0 amide bonds. The molecule has 0 rings (SSSR count). The fourth-order valence-corrected chi connectivity index (χ4v) is 0.436. The number of hydrogen-bond acceptors (Lipinski definition) is 1. The standard InChI is InChI=1S/C8H15N/c1-4-6-9-7-8(3)5-2/h5,7,9H,2,4,6H2,1,3H3/b8-7+. The van der Waals surface area contributed by atoms with Gasteiger partial charge in [-0.25, -0.2) is 0 Å². The minimum atomic E-state index is 1.05. The summed E-state index contributed by atoms with van der Waals surface area (Å²) in [5, 5.41) is 3.15. The van der Waals surface area contributed by atoms with Crippen molar-refractivity contribution in [3.05, 3.63) is 24.4 Å². The summed E-state index contributed by atoms with van der Waals surface area (Å²) in [5.41, 5.74) is 1.18. The third kappa shape index (κ3) is 5.15. The normalized spacial score (nSPS) is 11.1. The summed E-state index contributed by atoms with van der Waals surface area (Å²) in [4.78, 5) is 0. The van der Waals surface area contributed by atoms with Gasteiger partial charge in [-0.15, -0.1) is 0 Å². The lowest BCUT2D eigenvalue weighted by molar-refractivity contribution is 0.805. The maximum Gasteiger partial charge on any atom is 0.0138 e. The average molecular weight is 125 g/mol. The second-order valence-electron chi connectivity index (χ2n) is 2.05. The van der Waals surface area contributed by atoms with Gasteiger partial charge in [-0.2, -0.15) is 0 Å². The van der Waals surface area contributed by atoms with Crippen LogP contribution in [-0.4, -0.2) is 6.54 Å². The fourth-order valence-electron chi connectivity index (χ4n) is 0.436. The Bertz CT molecular complexity index is 103. The molecule has 0 fully saturated rings. The molecule has 0 aliphatic carbocycles. The predicted molar refractivity (Wildman–Crippen MR) is 42.2 cm³/mol. The van der Waals surface area contributed by atoms with Crippen LogP contribution in [0.15, 0.2) is 24.4 Å². The molecule has 0 unspecified atom stereocenters. The van der Waals surface area contributed by atoms with E-state index in [4.69, 9.17) is 0 Å². The molecule has 0 aromatic rings. The molecule has 1 nitrogen and oxygen atoms in total. The highest BCUT2D eigenvalue weighted by Gasteiger charge is 1.76. The highest BCUT2D eigenvalue weighted by molar-refractivity contribution is 5.11. The number of rotatable bonds is 4. The lowest BCUT2D eigenvalue weighted by atomic mass is 10.3. The van der Waals surface area contributed by atoms with Crippen molar-refractivity contribution in [1.29, 1.82) is 0 Å². The number of hydrogen-bond donors (Lipinski definition) is 1. The molecule has 0 radical (unpaired) electrons. The van der Waals surface area contributed by atoms with Crippen LogP contribution in [0.5, 0.6) is 0 Å². The first-order valence-electron chi connectivity index (χ1n) is 3.33. The lowest BCUT2D eigenvalue weighted by Gasteiger charge is -1.95. The van der Waals surface area contributed by atoms with Crippen LogP contribution in [0.4, 0.5) is 0 Å². The third-order valence-electron chi connectivity index (χ3n) is 1.05. The summed E-state index contributed by atoms with van der Waals surface area (Å²) in [7, 11) is 0. The summed E-state index contributed by atoms with van der Waals surface area (Å²) in [6, 6.07) is 0. The molecule has 9 heavy (non-hydrogen) atoms. The molecule has 1 heteroatoms. The van der Waals surface area contributed by atoms with E-state index in [1.165, 1.54) is 12.0 Å². The molecular formula is C8H15N. The van der Waals surface area contributed by atoms with E-state index >= 15 is 0 Å². The number of allylic oxidation sites excluding steroid dienone is 2. The predicted octanol–water partition coefficient (Wildman–Crippen LogP) is 2.08. The number of nitrogens with one attached hydrogen (secondary N) is 1. The van der Waals surface area contributed by atoms with Crippen LogP contribution >= 0.6 is 0 Å². The molecule has 0 atom stereocenters. The van der Waals surface area contributed by atoms with Crippen LogP contribution in [0.1, 0.15) is 20.3 Å². The van der Waals surface area contributed by atoms with Gasteiger partial charge < -0.3 is 5.32 Å². The van der Waals surface area contributed by atoms with Crippen molar-refractivity contribution < 1.29 is 0 Å². The SMILES string of the molecule is C=C/C(C)=C/NCCC. The Labute approximate surface area is 57.5 Å². The summed E-state index contributed by atoms with van der Waals surface area (Å²) >= 11 is 0. The summed E-state index contributed by atoms with van der Waals surface area (Å²) in [5.74, 6) is 0. The smallest absolute Gasteiger partial charge is 0.0138 e. The second kappa shape index (κ2) is 5.42. The summed E-state index contributed by atoms with van der Waals surface area (Å²) in [6.07, 6.45) is 4.99. The van der Waals surface area contributed by atoms with Crippen LogP contribution in [-0.2, 0) is 0 Å². The van der Waals surface area contributed by atoms with Gasteiger partial charge in [-0.1, -0.05) is 19.6 Å². The van der Waals surface area contributed by atoms with Crippen LogP contribution in [0.3, 0.4) is 0 Å². The Morgan fingerprint density at radius 2 is 2.33 bits per heavy atom. The molecule has 0 saturated heterocycles. The molecule has 1 N–H and O–H groups in total. The van der Waals surface area contributed by atoms with E-state index in [0.717, 1.165) is 6.54 Å². The Balaban J connectivity index is 3.31. The highest BCUT2D eigenvalue weighted by atomic mass is 14.8. The molecule has 0 aromatic carbocycles. The first kappa shape index (κ1) is 8.28. The minimum Gasteiger partial charge on any atom is -0.391 e. The van der Waals surface area contributed by atoms with E-state index in [1.54, 1.807) is 0 Å². The maximum absolute atomic E-state index is 3.63. The first-order chi connectivity index (χ1) is 4.31. The Kier molecular flexibility index (Phi) is 4.98. The van der Waals surface area contributed by atoms with Gasteiger partial charge in [0.25, 0.3) is 0 Å². The van der Waals surface area contributed by atoms with Crippen LogP contribution < -0.4 is 5.32 Å². The molecule has 0 bridgehead atoms. The van der Waals surface area contributed by atoms with Crippen molar-refractivity contribution in [2.45, 2.75) is 20.3 Å². The maximum atomic E-state index is 3.63. The van der Waals surface area contributed by atoms with Crippen LogP contribution in [0, 0.1) is 0 Å². The van der Waals surface area contributed by atoms with Gasteiger partial charge in [0.2, 0.25) is 0 Å². The van der Waals surface area contributed by atoms with Crippen molar-refractivity contribution in [3.8, 4) is 0 Å². The van der Waals surface area contributed by atoms with Gasteiger partial charge in [0.05, 0.1) is 0 Å². The summed E-state index contributed by atoms with van der Waals surface area (Å²) in [6.45, 7) is 8.84. The molecule has 0 aliphatic rings. The van der Waals surface area contributed by atoms with Gasteiger partial charge in [-0.3, -0.25) is 0 Å². The van der Waals surface area contributed by atoms with Crippen molar-refractivity contribution in [2.75, 3.05) is 6.54 Å². The Morgan fingerprint density at radius 1 is 1.67 bits per heavy atom. The van der Waals surface area contributed by atoms with E-state index < -0.39 is 0 Å². The lowest BCUT2D eigenvalue weighted by Crippen LogP contribution is -2.05. The van der Waals surface area contributed by atoms with Crippen molar-refractivity contribution in [1.82, 2.24) is 5.32 Å². The summed E-state index contributed by atoms with van der Waals surface area (Å²) < 4.78 is 0. The Hall–Kier alpha value is -0.720. The van der Waals surface area contributed by atoms with Crippen LogP contribution in [0.2, 0.25) is 0 Å². The van der Waals surface area contributed by atoms with E-state index in [1.807, 2.05) is 19.2 Å². The van der Waals surface area contributed by atoms with Crippen molar-refractivity contribution in [2.24, 2.45) is 0 Å². The zero-order valence-electron chi connectivity index (χ0n) is 6.28. The second-order valence-corrected chi connectivity index (χ2v) is 2.05. The van der Waals surface area contributed by atoms with Gasteiger partial charge >= 0.3 is 0 Å². The van der Waals surface area contributed by atoms with Gasteiger partial charge in [0.1, 0.15) is 0 Å². The van der Waals surface area contributed by atoms with Crippen molar-refractivity contribution >= 4 is 0 Å². The molecule has 0 aliphatic heterocycles. The van der Waals surface area contributed by atoms with E-state index in [0.29, 0.717) is 0 Å². The van der Waals surface area contributed by atoms with Gasteiger partial charge in [0, 0.05) is 6.54 Å². The Morgan fingerprint density at radius 3 is 2.78 bits per heavy atom. The molecule has 0 spiro atoms.